The number of aromatic nitrogens is 2. The van der Waals surface area contributed by atoms with Gasteiger partial charge >= 0.3 is 0 Å². The van der Waals surface area contributed by atoms with Crippen LogP contribution in [0.4, 0.5) is 4.39 Å². The van der Waals surface area contributed by atoms with Gasteiger partial charge in [-0.3, -0.25) is 4.79 Å². The number of benzene rings is 1. The zero-order valence-corrected chi connectivity index (χ0v) is 7.72. The molecule has 2 rings (SSSR count). The number of carbonyl (C=O) groups excluding carboxylic acids is 1. The van der Waals surface area contributed by atoms with Crippen LogP contribution in [0.2, 0.25) is 0 Å². The van der Waals surface area contributed by atoms with Gasteiger partial charge in [0.25, 0.3) is 0 Å². The van der Waals surface area contributed by atoms with E-state index in [2.05, 4.69) is 9.97 Å². The largest absolute Gasteiger partial charge is 0.298 e. The van der Waals surface area contributed by atoms with E-state index < -0.39 is 5.82 Å². The number of hydrogen-bond donors (Lipinski definition) is 0. The Labute approximate surface area is 85.6 Å². The van der Waals surface area contributed by atoms with Gasteiger partial charge in [0.1, 0.15) is 12.1 Å². The lowest BCUT2D eigenvalue weighted by molar-refractivity contribution is 0.112. The molecule has 0 aliphatic carbocycles. The SMILES string of the molecule is O=Cc1cc(F)ccc1-c1ccncn1. The van der Waals surface area contributed by atoms with Crippen LogP contribution in [0.25, 0.3) is 11.3 Å². The molecule has 0 radical (unpaired) electrons. The third-order valence-corrected chi connectivity index (χ3v) is 2.00. The first kappa shape index (κ1) is 9.45. The number of nitrogens with zero attached hydrogens (tertiary/aromatic N) is 2. The van der Waals surface area contributed by atoms with Crippen molar-refractivity contribution in [1.29, 1.82) is 0 Å². The molecule has 0 unspecified atom stereocenters. The first-order chi connectivity index (χ1) is 7.31. The normalized spacial score (nSPS) is 9.93. The van der Waals surface area contributed by atoms with Gasteiger partial charge < -0.3 is 0 Å². The molecule has 3 nitrogen and oxygen atoms in total. The van der Waals surface area contributed by atoms with Crippen molar-refractivity contribution in [1.82, 2.24) is 9.97 Å². The molecular weight excluding hydrogens is 195 g/mol. The summed E-state index contributed by atoms with van der Waals surface area (Å²) < 4.78 is 12.9. The number of aldehydes is 1. The van der Waals surface area contributed by atoms with E-state index in [1.54, 1.807) is 12.3 Å². The van der Waals surface area contributed by atoms with Gasteiger partial charge in [-0.25, -0.2) is 14.4 Å². The van der Waals surface area contributed by atoms with Crippen LogP contribution in [-0.2, 0) is 0 Å². The molecule has 15 heavy (non-hydrogen) atoms. The van der Waals surface area contributed by atoms with E-state index >= 15 is 0 Å². The average Bonchev–Trinajstić information content (AvgIpc) is 2.30. The molecule has 0 amide bonds. The van der Waals surface area contributed by atoms with Crippen molar-refractivity contribution < 1.29 is 9.18 Å². The second-order valence-corrected chi connectivity index (χ2v) is 2.94. The third kappa shape index (κ3) is 1.88. The highest BCUT2D eigenvalue weighted by atomic mass is 19.1. The molecule has 0 saturated carbocycles. The standard InChI is InChI=1S/C11H7FN2O/c12-9-1-2-10(8(5-9)6-15)11-3-4-13-7-14-11/h1-7H. The molecular formula is C11H7FN2O. The van der Waals surface area contributed by atoms with Crippen molar-refractivity contribution in [3.63, 3.8) is 0 Å². The summed E-state index contributed by atoms with van der Waals surface area (Å²) in [5, 5.41) is 0. The molecule has 1 heterocycles. The fourth-order valence-electron chi connectivity index (χ4n) is 1.31. The van der Waals surface area contributed by atoms with Crippen LogP contribution in [-0.4, -0.2) is 16.3 Å². The first-order valence-corrected chi connectivity index (χ1v) is 4.32. The minimum absolute atomic E-state index is 0.286. The molecule has 0 atom stereocenters. The Morgan fingerprint density at radius 3 is 2.80 bits per heavy atom. The fourth-order valence-corrected chi connectivity index (χ4v) is 1.31. The van der Waals surface area contributed by atoms with Crippen LogP contribution < -0.4 is 0 Å². The number of rotatable bonds is 2. The zero-order chi connectivity index (χ0) is 10.7. The van der Waals surface area contributed by atoms with Gasteiger partial charge in [0.05, 0.1) is 5.69 Å². The lowest BCUT2D eigenvalue weighted by atomic mass is 10.1. The summed E-state index contributed by atoms with van der Waals surface area (Å²) in [7, 11) is 0. The van der Waals surface area contributed by atoms with E-state index in [1.165, 1.54) is 24.5 Å². The molecule has 0 saturated heterocycles. The van der Waals surface area contributed by atoms with Crippen LogP contribution in [0.5, 0.6) is 0 Å². The van der Waals surface area contributed by atoms with Crippen molar-refractivity contribution in [2.45, 2.75) is 0 Å². The minimum atomic E-state index is -0.435. The van der Waals surface area contributed by atoms with Gasteiger partial charge in [-0.05, 0) is 24.3 Å². The predicted octanol–water partition coefficient (Wildman–Crippen LogP) is 2.10. The molecule has 0 bridgehead atoms. The Morgan fingerprint density at radius 2 is 2.13 bits per heavy atom. The van der Waals surface area contributed by atoms with Gasteiger partial charge in [0, 0.05) is 17.3 Å². The van der Waals surface area contributed by atoms with Crippen LogP contribution in [0.15, 0.2) is 36.8 Å². The van der Waals surface area contributed by atoms with Gasteiger partial charge in [0.2, 0.25) is 0 Å². The summed E-state index contributed by atoms with van der Waals surface area (Å²) in [6.45, 7) is 0. The molecule has 0 spiro atoms. The van der Waals surface area contributed by atoms with Gasteiger partial charge in [0.15, 0.2) is 6.29 Å². The van der Waals surface area contributed by atoms with Gasteiger partial charge in [-0.15, -0.1) is 0 Å². The first-order valence-electron chi connectivity index (χ1n) is 4.32. The summed E-state index contributed by atoms with van der Waals surface area (Å²) >= 11 is 0. The van der Waals surface area contributed by atoms with Crippen molar-refractivity contribution in [2.24, 2.45) is 0 Å². The number of hydrogen-bond acceptors (Lipinski definition) is 3. The maximum Gasteiger partial charge on any atom is 0.150 e. The Bertz CT molecular complexity index is 485. The fraction of sp³-hybridized carbons (Fsp3) is 0. The molecule has 74 valence electrons. The van der Waals surface area contributed by atoms with E-state index in [4.69, 9.17) is 0 Å². The smallest absolute Gasteiger partial charge is 0.150 e. The highest BCUT2D eigenvalue weighted by Crippen LogP contribution is 2.20. The third-order valence-electron chi connectivity index (χ3n) is 2.00. The Hall–Kier alpha value is -2.10. The van der Waals surface area contributed by atoms with E-state index in [-0.39, 0.29) is 5.56 Å². The molecule has 0 aliphatic heterocycles. The van der Waals surface area contributed by atoms with E-state index in [0.29, 0.717) is 17.5 Å². The molecule has 1 aromatic heterocycles. The monoisotopic (exact) mass is 202 g/mol. The van der Waals surface area contributed by atoms with E-state index in [1.807, 2.05) is 0 Å². The van der Waals surface area contributed by atoms with Crippen molar-refractivity contribution in [3.8, 4) is 11.3 Å². The van der Waals surface area contributed by atoms with Crippen molar-refractivity contribution in [3.05, 3.63) is 48.2 Å². The quantitative estimate of drug-likeness (QED) is 0.700. The number of carbonyl (C=O) groups is 1. The minimum Gasteiger partial charge on any atom is -0.298 e. The molecule has 4 heteroatoms. The highest BCUT2D eigenvalue weighted by molar-refractivity contribution is 5.86. The topological polar surface area (TPSA) is 42.9 Å². The van der Waals surface area contributed by atoms with Crippen LogP contribution in [0.3, 0.4) is 0 Å². The Kier molecular flexibility index (Phi) is 2.49. The second kappa shape index (κ2) is 3.96. The number of halogens is 1. The summed E-state index contributed by atoms with van der Waals surface area (Å²) in [6, 6.07) is 5.68. The van der Waals surface area contributed by atoms with Crippen molar-refractivity contribution >= 4 is 6.29 Å². The molecule has 0 aliphatic rings. The maximum atomic E-state index is 12.9. The summed E-state index contributed by atoms with van der Waals surface area (Å²) in [6.07, 6.45) is 3.56. The van der Waals surface area contributed by atoms with Gasteiger partial charge in [-0.2, -0.15) is 0 Å². The van der Waals surface area contributed by atoms with E-state index in [0.717, 1.165) is 0 Å². The summed E-state index contributed by atoms with van der Waals surface area (Å²) in [5.41, 5.74) is 1.50. The maximum absolute atomic E-state index is 12.9. The molecule has 0 N–H and O–H groups in total. The predicted molar refractivity (Wildman–Crippen MR) is 52.8 cm³/mol. The average molecular weight is 202 g/mol. The molecule has 2 aromatic rings. The highest BCUT2D eigenvalue weighted by Gasteiger charge is 2.06. The Morgan fingerprint density at radius 1 is 1.27 bits per heavy atom. The summed E-state index contributed by atoms with van der Waals surface area (Å²) in [4.78, 5) is 18.5. The second-order valence-electron chi connectivity index (χ2n) is 2.94. The zero-order valence-electron chi connectivity index (χ0n) is 7.72. The lowest BCUT2D eigenvalue weighted by Crippen LogP contribution is -1.91. The van der Waals surface area contributed by atoms with E-state index in [9.17, 15) is 9.18 Å². The van der Waals surface area contributed by atoms with Crippen LogP contribution in [0, 0.1) is 5.82 Å². The van der Waals surface area contributed by atoms with Crippen LogP contribution >= 0.6 is 0 Å². The Balaban J connectivity index is 2.58. The van der Waals surface area contributed by atoms with Crippen LogP contribution in [0.1, 0.15) is 10.4 Å². The lowest BCUT2D eigenvalue weighted by Gasteiger charge is -2.02. The van der Waals surface area contributed by atoms with Gasteiger partial charge in [-0.1, -0.05) is 0 Å². The summed E-state index contributed by atoms with van der Waals surface area (Å²) in [5.74, 6) is -0.435. The molecule has 0 fully saturated rings. The molecule has 1 aromatic carbocycles. The van der Waals surface area contributed by atoms with Crippen molar-refractivity contribution in [2.75, 3.05) is 0 Å².